The molecular formula is C13H19NO. The van der Waals surface area contributed by atoms with Gasteiger partial charge in [-0.15, -0.1) is 0 Å². The van der Waals surface area contributed by atoms with Crippen LogP contribution < -0.4 is 4.90 Å². The van der Waals surface area contributed by atoms with Crippen LogP contribution in [0.15, 0.2) is 12.1 Å². The number of aryl methyl sites for hydroxylation is 2. The molecule has 0 spiro atoms. The van der Waals surface area contributed by atoms with Gasteiger partial charge in [0.05, 0.1) is 6.61 Å². The maximum atomic E-state index is 9.06. The number of nitrogens with zero attached hydrogens (tertiary/aromatic N) is 1. The average Bonchev–Trinajstić information content (AvgIpc) is 2.24. The Morgan fingerprint density at radius 1 is 1.27 bits per heavy atom. The molecule has 2 rings (SSSR count). The van der Waals surface area contributed by atoms with Crippen LogP contribution in [0.3, 0.4) is 0 Å². The molecule has 0 radical (unpaired) electrons. The van der Waals surface area contributed by atoms with E-state index in [0.29, 0.717) is 0 Å². The van der Waals surface area contributed by atoms with Crippen molar-refractivity contribution in [3.05, 3.63) is 28.8 Å². The molecule has 0 saturated heterocycles. The highest BCUT2D eigenvalue weighted by Gasteiger charge is 2.19. The summed E-state index contributed by atoms with van der Waals surface area (Å²) < 4.78 is 0. The van der Waals surface area contributed by atoms with E-state index in [1.54, 1.807) is 0 Å². The van der Waals surface area contributed by atoms with Crippen molar-refractivity contribution in [3.8, 4) is 0 Å². The van der Waals surface area contributed by atoms with Crippen molar-refractivity contribution < 1.29 is 5.11 Å². The fourth-order valence-corrected chi connectivity index (χ4v) is 2.51. The van der Waals surface area contributed by atoms with Crippen LogP contribution in [0.25, 0.3) is 0 Å². The zero-order valence-corrected chi connectivity index (χ0v) is 9.58. The smallest absolute Gasteiger partial charge is 0.0606 e. The molecule has 15 heavy (non-hydrogen) atoms. The topological polar surface area (TPSA) is 23.5 Å². The van der Waals surface area contributed by atoms with Crippen molar-refractivity contribution >= 4 is 5.69 Å². The van der Waals surface area contributed by atoms with Crippen molar-refractivity contribution in [2.75, 3.05) is 24.6 Å². The molecule has 2 heteroatoms. The SMILES string of the molecule is Cc1ccc(C)c2c1CCCN2CCO. The Bertz CT molecular complexity index is 360. The molecular weight excluding hydrogens is 186 g/mol. The Balaban J connectivity index is 2.45. The second-order valence-corrected chi connectivity index (χ2v) is 4.34. The Morgan fingerprint density at radius 3 is 2.73 bits per heavy atom. The first-order chi connectivity index (χ1) is 7.24. The van der Waals surface area contributed by atoms with Crippen molar-refractivity contribution in [1.29, 1.82) is 0 Å². The number of benzene rings is 1. The summed E-state index contributed by atoms with van der Waals surface area (Å²) in [4.78, 5) is 2.32. The first kappa shape index (κ1) is 10.5. The lowest BCUT2D eigenvalue weighted by atomic mass is 9.94. The van der Waals surface area contributed by atoms with Crippen LogP contribution in [0.5, 0.6) is 0 Å². The summed E-state index contributed by atoms with van der Waals surface area (Å²) >= 11 is 0. The van der Waals surface area contributed by atoms with Gasteiger partial charge in [-0.1, -0.05) is 12.1 Å². The third kappa shape index (κ3) is 1.86. The van der Waals surface area contributed by atoms with E-state index < -0.39 is 0 Å². The minimum atomic E-state index is 0.243. The Kier molecular flexibility index (Phi) is 2.96. The minimum Gasteiger partial charge on any atom is -0.395 e. The van der Waals surface area contributed by atoms with Crippen molar-refractivity contribution in [1.82, 2.24) is 0 Å². The van der Waals surface area contributed by atoms with Gasteiger partial charge < -0.3 is 10.0 Å². The van der Waals surface area contributed by atoms with Gasteiger partial charge in [0.25, 0.3) is 0 Å². The summed E-state index contributed by atoms with van der Waals surface area (Å²) in [5.74, 6) is 0. The van der Waals surface area contributed by atoms with Crippen LogP contribution in [-0.2, 0) is 6.42 Å². The molecule has 0 saturated carbocycles. The molecule has 0 bridgehead atoms. The molecule has 1 heterocycles. The van der Waals surface area contributed by atoms with Gasteiger partial charge in [0, 0.05) is 18.8 Å². The predicted molar refractivity (Wildman–Crippen MR) is 63.5 cm³/mol. The number of fused-ring (bicyclic) bond motifs is 1. The molecule has 0 aromatic heterocycles. The number of anilines is 1. The number of rotatable bonds is 2. The van der Waals surface area contributed by atoms with Crippen molar-refractivity contribution in [3.63, 3.8) is 0 Å². The minimum absolute atomic E-state index is 0.243. The largest absolute Gasteiger partial charge is 0.395 e. The summed E-state index contributed by atoms with van der Waals surface area (Å²) in [7, 11) is 0. The van der Waals surface area contributed by atoms with E-state index >= 15 is 0 Å². The summed E-state index contributed by atoms with van der Waals surface area (Å²) in [5, 5.41) is 9.06. The second kappa shape index (κ2) is 4.23. The summed E-state index contributed by atoms with van der Waals surface area (Å²) in [6.45, 7) is 6.43. The van der Waals surface area contributed by atoms with Gasteiger partial charge in [0.2, 0.25) is 0 Å². The number of aliphatic hydroxyl groups is 1. The lowest BCUT2D eigenvalue weighted by Gasteiger charge is -2.33. The Hall–Kier alpha value is -1.02. The fraction of sp³-hybridized carbons (Fsp3) is 0.538. The molecule has 1 aliphatic heterocycles. The highest BCUT2D eigenvalue weighted by Crippen LogP contribution is 2.32. The molecule has 82 valence electrons. The van der Waals surface area contributed by atoms with Crippen molar-refractivity contribution in [2.45, 2.75) is 26.7 Å². The number of β-amino-alcohol motifs (C(OH)–C–C–N with tert-alkyl or cyclic N) is 1. The molecule has 1 aliphatic rings. The highest BCUT2D eigenvalue weighted by molar-refractivity contribution is 5.63. The summed E-state index contributed by atoms with van der Waals surface area (Å²) in [6, 6.07) is 4.39. The Morgan fingerprint density at radius 2 is 2.00 bits per heavy atom. The fourth-order valence-electron chi connectivity index (χ4n) is 2.51. The normalized spacial score (nSPS) is 15.3. The molecule has 1 N–H and O–H groups in total. The third-order valence-corrected chi connectivity index (χ3v) is 3.26. The zero-order chi connectivity index (χ0) is 10.8. The van der Waals surface area contributed by atoms with Crippen LogP contribution in [-0.4, -0.2) is 24.8 Å². The molecule has 0 unspecified atom stereocenters. The zero-order valence-electron chi connectivity index (χ0n) is 9.58. The monoisotopic (exact) mass is 205 g/mol. The molecule has 2 nitrogen and oxygen atoms in total. The number of hydrogen-bond acceptors (Lipinski definition) is 2. The highest BCUT2D eigenvalue weighted by atomic mass is 16.3. The lowest BCUT2D eigenvalue weighted by Crippen LogP contribution is -2.33. The standard InChI is InChI=1S/C13H19NO/c1-10-5-6-11(2)13-12(10)4-3-7-14(13)8-9-15/h5-6,15H,3-4,7-9H2,1-2H3. The summed E-state index contributed by atoms with van der Waals surface area (Å²) in [6.07, 6.45) is 2.39. The summed E-state index contributed by atoms with van der Waals surface area (Å²) in [5.41, 5.74) is 5.58. The van der Waals surface area contributed by atoms with E-state index in [9.17, 15) is 0 Å². The van der Waals surface area contributed by atoms with Gasteiger partial charge in [0.1, 0.15) is 0 Å². The molecule has 1 aromatic rings. The first-order valence-electron chi connectivity index (χ1n) is 5.69. The number of aliphatic hydroxyl groups excluding tert-OH is 1. The van der Waals surface area contributed by atoms with Crippen LogP contribution >= 0.6 is 0 Å². The quantitative estimate of drug-likeness (QED) is 0.798. The Labute approximate surface area is 91.5 Å². The average molecular weight is 205 g/mol. The van der Waals surface area contributed by atoms with Crippen molar-refractivity contribution in [2.24, 2.45) is 0 Å². The van der Waals surface area contributed by atoms with Gasteiger partial charge in [-0.05, 0) is 43.4 Å². The predicted octanol–water partition coefficient (Wildman–Crippen LogP) is 2.05. The van der Waals surface area contributed by atoms with Gasteiger partial charge in [-0.25, -0.2) is 0 Å². The van der Waals surface area contributed by atoms with Gasteiger partial charge in [-0.3, -0.25) is 0 Å². The van der Waals surface area contributed by atoms with Crippen LogP contribution in [0.2, 0.25) is 0 Å². The van der Waals surface area contributed by atoms with Crippen LogP contribution in [0, 0.1) is 13.8 Å². The van der Waals surface area contributed by atoms with Crippen LogP contribution in [0.4, 0.5) is 5.69 Å². The first-order valence-corrected chi connectivity index (χ1v) is 5.69. The van der Waals surface area contributed by atoms with E-state index in [-0.39, 0.29) is 6.61 Å². The van der Waals surface area contributed by atoms with Gasteiger partial charge >= 0.3 is 0 Å². The van der Waals surface area contributed by atoms with E-state index in [0.717, 1.165) is 13.1 Å². The van der Waals surface area contributed by atoms with Gasteiger partial charge in [0.15, 0.2) is 0 Å². The van der Waals surface area contributed by atoms with Crippen LogP contribution in [0.1, 0.15) is 23.1 Å². The lowest BCUT2D eigenvalue weighted by molar-refractivity contribution is 0.301. The molecule has 0 fully saturated rings. The van der Waals surface area contributed by atoms with E-state index in [4.69, 9.17) is 5.11 Å². The van der Waals surface area contributed by atoms with Gasteiger partial charge in [-0.2, -0.15) is 0 Å². The van der Waals surface area contributed by atoms with E-state index in [2.05, 4.69) is 30.9 Å². The number of hydrogen-bond donors (Lipinski definition) is 1. The molecule has 1 aromatic carbocycles. The maximum Gasteiger partial charge on any atom is 0.0606 e. The second-order valence-electron chi connectivity index (χ2n) is 4.34. The van der Waals surface area contributed by atoms with E-state index in [1.807, 2.05) is 0 Å². The maximum absolute atomic E-state index is 9.06. The molecule has 0 atom stereocenters. The molecule has 0 amide bonds. The molecule has 0 aliphatic carbocycles. The van der Waals surface area contributed by atoms with E-state index in [1.165, 1.54) is 35.2 Å². The third-order valence-electron chi connectivity index (χ3n) is 3.26.